The first-order chi connectivity index (χ1) is 12.5. The lowest BCUT2D eigenvalue weighted by Gasteiger charge is -2.20. The average molecular weight is 375 g/mol. The number of ether oxygens (including phenoxy) is 1. The van der Waals surface area contributed by atoms with Crippen LogP contribution in [-0.4, -0.2) is 30.5 Å². The Morgan fingerprint density at radius 3 is 2.50 bits per heavy atom. The second-order valence-electron chi connectivity index (χ2n) is 6.23. The van der Waals surface area contributed by atoms with E-state index >= 15 is 0 Å². The molecule has 1 amide bonds. The molecule has 0 saturated heterocycles. The topological polar surface area (TPSA) is 41.6 Å². The van der Waals surface area contributed by atoms with Gasteiger partial charge in [-0.2, -0.15) is 0 Å². The van der Waals surface area contributed by atoms with Gasteiger partial charge in [0.05, 0.1) is 5.02 Å². The van der Waals surface area contributed by atoms with Gasteiger partial charge in [-0.3, -0.25) is 9.69 Å². The largest absolute Gasteiger partial charge is 0.482 e. The summed E-state index contributed by atoms with van der Waals surface area (Å²) in [5.41, 5.74) is 3.40. The minimum absolute atomic E-state index is 0.0542. The Labute approximate surface area is 161 Å². The summed E-state index contributed by atoms with van der Waals surface area (Å²) in [6.07, 6.45) is 0. The summed E-state index contributed by atoms with van der Waals surface area (Å²) in [7, 11) is 0. The van der Waals surface area contributed by atoms with Gasteiger partial charge in [0, 0.05) is 13.1 Å². The maximum absolute atomic E-state index is 12.1. The molecule has 0 bridgehead atoms. The number of aryl methyl sites for hydroxylation is 1. The van der Waals surface area contributed by atoms with Crippen LogP contribution in [0.1, 0.15) is 30.5 Å². The first-order valence-electron chi connectivity index (χ1n) is 8.98. The maximum Gasteiger partial charge on any atom is 0.258 e. The fraction of sp³-hybridized carbons (Fsp3) is 0.381. The van der Waals surface area contributed by atoms with Gasteiger partial charge in [-0.15, -0.1) is 0 Å². The molecule has 0 unspecified atom stereocenters. The van der Waals surface area contributed by atoms with Crippen molar-refractivity contribution in [1.82, 2.24) is 10.2 Å². The Kier molecular flexibility index (Phi) is 7.95. The predicted octanol–water partition coefficient (Wildman–Crippen LogP) is 4.19. The number of amides is 1. The Hall–Kier alpha value is -2.04. The Morgan fingerprint density at radius 2 is 1.81 bits per heavy atom. The van der Waals surface area contributed by atoms with Crippen LogP contribution in [0.2, 0.25) is 5.02 Å². The van der Waals surface area contributed by atoms with Crippen LogP contribution in [0.25, 0.3) is 0 Å². The van der Waals surface area contributed by atoms with Gasteiger partial charge in [0.25, 0.3) is 5.91 Å². The third kappa shape index (κ3) is 6.04. The van der Waals surface area contributed by atoms with Crippen LogP contribution in [0.4, 0.5) is 0 Å². The number of hydrogen-bond acceptors (Lipinski definition) is 3. The molecule has 26 heavy (non-hydrogen) atoms. The van der Waals surface area contributed by atoms with Crippen molar-refractivity contribution in [2.45, 2.75) is 33.9 Å². The number of hydrogen-bond donors (Lipinski definition) is 1. The lowest BCUT2D eigenvalue weighted by molar-refractivity contribution is -0.123. The molecule has 0 aliphatic heterocycles. The van der Waals surface area contributed by atoms with E-state index in [0.717, 1.165) is 30.8 Å². The molecule has 2 aromatic carbocycles. The van der Waals surface area contributed by atoms with Crippen LogP contribution in [0.15, 0.2) is 42.5 Å². The second kappa shape index (κ2) is 10.2. The minimum Gasteiger partial charge on any atom is -0.482 e. The lowest BCUT2D eigenvalue weighted by atomic mass is 10.1. The van der Waals surface area contributed by atoms with Crippen molar-refractivity contribution >= 4 is 17.5 Å². The summed E-state index contributed by atoms with van der Waals surface area (Å²) >= 11 is 6.09. The highest BCUT2D eigenvalue weighted by molar-refractivity contribution is 6.32. The van der Waals surface area contributed by atoms with Crippen molar-refractivity contribution in [3.8, 4) is 5.75 Å². The molecule has 0 spiro atoms. The van der Waals surface area contributed by atoms with Crippen LogP contribution in [-0.2, 0) is 17.9 Å². The fourth-order valence-electron chi connectivity index (χ4n) is 2.68. The quantitative estimate of drug-likeness (QED) is 0.715. The molecule has 5 heteroatoms. The molecule has 0 heterocycles. The number of rotatable bonds is 9. The summed E-state index contributed by atoms with van der Waals surface area (Å²) < 4.78 is 5.55. The van der Waals surface area contributed by atoms with E-state index in [1.165, 1.54) is 5.56 Å². The highest BCUT2D eigenvalue weighted by Gasteiger charge is 2.09. The van der Waals surface area contributed by atoms with Crippen molar-refractivity contribution in [1.29, 1.82) is 0 Å². The predicted molar refractivity (Wildman–Crippen MR) is 107 cm³/mol. The van der Waals surface area contributed by atoms with Crippen LogP contribution >= 0.6 is 11.6 Å². The van der Waals surface area contributed by atoms with Gasteiger partial charge in [-0.1, -0.05) is 55.8 Å². The maximum atomic E-state index is 12.1. The molecule has 0 atom stereocenters. The smallest absolute Gasteiger partial charge is 0.258 e. The van der Waals surface area contributed by atoms with Crippen LogP contribution in [0, 0.1) is 6.92 Å². The first-order valence-corrected chi connectivity index (χ1v) is 9.36. The van der Waals surface area contributed by atoms with E-state index in [4.69, 9.17) is 16.3 Å². The van der Waals surface area contributed by atoms with Crippen molar-refractivity contribution < 1.29 is 9.53 Å². The van der Waals surface area contributed by atoms with E-state index in [-0.39, 0.29) is 12.5 Å². The number of halogens is 1. The molecule has 2 rings (SSSR count). The van der Waals surface area contributed by atoms with Crippen LogP contribution < -0.4 is 10.1 Å². The van der Waals surface area contributed by atoms with Crippen molar-refractivity contribution in [2.75, 3.05) is 19.7 Å². The van der Waals surface area contributed by atoms with Gasteiger partial charge in [-0.05, 0) is 48.8 Å². The summed E-state index contributed by atoms with van der Waals surface area (Å²) in [6.45, 7) is 9.58. The van der Waals surface area contributed by atoms with Crippen molar-refractivity contribution in [3.05, 3.63) is 64.2 Å². The Balaban J connectivity index is 1.90. The minimum atomic E-state index is -0.166. The third-order valence-corrected chi connectivity index (χ3v) is 4.64. The van der Waals surface area contributed by atoms with E-state index in [9.17, 15) is 4.79 Å². The van der Waals surface area contributed by atoms with E-state index in [1.807, 2.05) is 31.2 Å². The fourth-order valence-corrected chi connectivity index (χ4v) is 2.85. The molecule has 4 nitrogen and oxygen atoms in total. The molecule has 0 aliphatic carbocycles. The van der Waals surface area contributed by atoms with Gasteiger partial charge in [-0.25, -0.2) is 0 Å². The number of carbonyl (C=O) groups is 1. The monoisotopic (exact) mass is 374 g/mol. The molecule has 0 aliphatic rings. The summed E-state index contributed by atoms with van der Waals surface area (Å²) in [5, 5.41) is 3.43. The van der Waals surface area contributed by atoms with E-state index in [1.54, 1.807) is 6.07 Å². The summed E-state index contributed by atoms with van der Waals surface area (Å²) in [4.78, 5) is 14.5. The Morgan fingerprint density at radius 1 is 1.12 bits per heavy atom. The average Bonchev–Trinajstić information content (AvgIpc) is 2.65. The molecule has 1 N–H and O–H groups in total. The Bertz CT molecular complexity index is 730. The van der Waals surface area contributed by atoms with Crippen molar-refractivity contribution in [2.24, 2.45) is 0 Å². The highest BCUT2D eigenvalue weighted by atomic mass is 35.5. The van der Waals surface area contributed by atoms with Gasteiger partial charge in [0.1, 0.15) is 5.75 Å². The van der Waals surface area contributed by atoms with E-state index in [2.05, 4.69) is 36.2 Å². The van der Waals surface area contributed by atoms with Crippen LogP contribution in [0.3, 0.4) is 0 Å². The van der Waals surface area contributed by atoms with Gasteiger partial charge >= 0.3 is 0 Å². The van der Waals surface area contributed by atoms with Gasteiger partial charge in [0.15, 0.2) is 6.61 Å². The van der Waals surface area contributed by atoms with E-state index in [0.29, 0.717) is 17.3 Å². The van der Waals surface area contributed by atoms with E-state index < -0.39 is 0 Å². The number of carbonyl (C=O) groups excluding carboxylic acids is 1. The summed E-state index contributed by atoms with van der Waals surface area (Å²) in [5.74, 6) is 0.365. The van der Waals surface area contributed by atoms with Gasteiger partial charge in [0.2, 0.25) is 0 Å². The first kappa shape index (κ1) is 20.3. The number of nitrogens with zero attached hydrogens (tertiary/aromatic N) is 1. The normalized spacial score (nSPS) is 10.8. The zero-order valence-corrected chi connectivity index (χ0v) is 16.5. The molecule has 0 fully saturated rings. The van der Waals surface area contributed by atoms with Crippen molar-refractivity contribution in [3.63, 3.8) is 0 Å². The molecule has 0 radical (unpaired) electrons. The summed E-state index contributed by atoms with van der Waals surface area (Å²) in [6, 6.07) is 13.7. The molecule has 0 aromatic heterocycles. The highest BCUT2D eigenvalue weighted by Crippen LogP contribution is 2.25. The lowest BCUT2D eigenvalue weighted by Crippen LogP contribution is -2.29. The molecule has 2 aromatic rings. The molecule has 0 saturated carbocycles. The number of nitrogens with one attached hydrogen (secondary N) is 1. The molecule has 140 valence electrons. The SMILES string of the molecule is CCN(CC)Cc1ccccc1CNC(=O)COc1cc(C)ccc1Cl. The van der Waals surface area contributed by atoms with Crippen LogP contribution in [0.5, 0.6) is 5.75 Å². The standard InChI is InChI=1S/C21H27ClN2O2/c1-4-24(5-2)14-18-9-7-6-8-17(18)13-23-21(25)15-26-20-12-16(3)10-11-19(20)22/h6-12H,4-5,13-15H2,1-3H3,(H,23,25). The zero-order valence-electron chi connectivity index (χ0n) is 15.7. The second-order valence-corrected chi connectivity index (χ2v) is 6.64. The molecular formula is C21H27ClN2O2. The zero-order chi connectivity index (χ0) is 18.9. The third-order valence-electron chi connectivity index (χ3n) is 4.33. The number of benzene rings is 2. The van der Waals surface area contributed by atoms with Gasteiger partial charge < -0.3 is 10.1 Å². The molecular weight excluding hydrogens is 348 g/mol.